The Bertz CT molecular complexity index is 153. The van der Waals surface area contributed by atoms with Gasteiger partial charge < -0.3 is 5.11 Å². The first-order chi connectivity index (χ1) is 6.58. The van der Waals surface area contributed by atoms with Crippen molar-refractivity contribution in [2.45, 2.75) is 65.4 Å². The lowest BCUT2D eigenvalue weighted by molar-refractivity contribution is 0.103. The summed E-state index contributed by atoms with van der Waals surface area (Å²) in [7, 11) is 0. The Balaban J connectivity index is 2.21. The van der Waals surface area contributed by atoms with Gasteiger partial charge >= 0.3 is 0 Å². The predicted molar refractivity (Wildman–Crippen MR) is 61.2 cm³/mol. The molecule has 14 heavy (non-hydrogen) atoms. The molecule has 84 valence electrons. The normalized spacial score (nSPS) is 30.6. The van der Waals surface area contributed by atoms with Crippen molar-refractivity contribution in [3.05, 3.63) is 0 Å². The molecule has 0 aromatic heterocycles. The zero-order valence-corrected chi connectivity index (χ0v) is 10.00. The molecular formula is C13H26O. The number of aliphatic hydroxyl groups excluding tert-OH is 1. The quantitative estimate of drug-likeness (QED) is 0.731. The molecule has 0 aromatic carbocycles. The van der Waals surface area contributed by atoms with E-state index in [1.54, 1.807) is 0 Å². The Hall–Kier alpha value is -0.0400. The maximum Gasteiger partial charge on any atom is 0.0545 e. The third-order valence-electron chi connectivity index (χ3n) is 3.39. The van der Waals surface area contributed by atoms with Gasteiger partial charge in [-0.3, -0.25) is 0 Å². The molecule has 1 aliphatic rings. The molecule has 0 saturated heterocycles. The molecule has 0 aromatic rings. The van der Waals surface area contributed by atoms with Gasteiger partial charge in [-0.25, -0.2) is 0 Å². The molecule has 1 rings (SSSR count). The Morgan fingerprint density at radius 1 is 1.29 bits per heavy atom. The van der Waals surface area contributed by atoms with Gasteiger partial charge in [-0.05, 0) is 37.0 Å². The van der Waals surface area contributed by atoms with Crippen LogP contribution in [-0.2, 0) is 0 Å². The Morgan fingerprint density at radius 2 is 2.00 bits per heavy atom. The minimum Gasteiger partial charge on any atom is -0.393 e. The van der Waals surface area contributed by atoms with Gasteiger partial charge in [-0.15, -0.1) is 0 Å². The molecule has 3 unspecified atom stereocenters. The van der Waals surface area contributed by atoms with Crippen LogP contribution in [0.5, 0.6) is 0 Å². The SMILES string of the molecule is CC(C)CC(O)CC1CCCC(C)C1. The first kappa shape index (κ1) is 12.0. The van der Waals surface area contributed by atoms with E-state index in [4.69, 9.17) is 0 Å². The highest BCUT2D eigenvalue weighted by Gasteiger charge is 2.21. The maximum absolute atomic E-state index is 9.86. The molecule has 1 nitrogen and oxygen atoms in total. The molecule has 3 atom stereocenters. The summed E-state index contributed by atoms with van der Waals surface area (Å²) in [5.41, 5.74) is 0. The average Bonchev–Trinajstić information content (AvgIpc) is 2.01. The van der Waals surface area contributed by atoms with Crippen LogP contribution in [0.15, 0.2) is 0 Å². The molecule has 1 aliphatic carbocycles. The summed E-state index contributed by atoms with van der Waals surface area (Å²) in [5, 5.41) is 9.86. The van der Waals surface area contributed by atoms with Crippen LogP contribution in [0.4, 0.5) is 0 Å². The van der Waals surface area contributed by atoms with Crippen LogP contribution < -0.4 is 0 Å². The van der Waals surface area contributed by atoms with E-state index in [0.717, 1.165) is 24.7 Å². The van der Waals surface area contributed by atoms with Gasteiger partial charge in [0.1, 0.15) is 0 Å². The zero-order chi connectivity index (χ0) is 10.6. The lowest BCUT2D eigenvalue weighted by Crippen LogP contribution is -2.20. The lowest BCUT2D eigenvalue weighted by atomic mass is 9.79. The second-order valence-corrected chi connectivity index (χ2v) is 5.66. The number of aliphatic hydroxyl groups is 1. The third-order valence-corrected chi connectivity index (χ3v) is 3.39. The second-order valence-electron chi connectivity index (χ2n) is 5.66. The van der Waals surface area contributed by atoms with Crippen molar-refractivity contribution < 1.29 is 5.11 Å². The van der Waals surface area contributed by atoms with Crippen molar-refractivity contribution in [1.29, 1.82) is 0 Å². The van der Waals surface area contributed by atoms with Crippen LogP contribution in [0.25, 0.3) is 0 Å². The van der Waals surface area contributed by atoms with Crippen molar-refractivity contribution in [1.82, 2.24) is 0 Å². The Kier molecular flexibility index (Phi) is 4.94. The molecule has 0 amide bonds. The van der Waals surface area contributed by atoms with Gasteiger partial charge in [0.05, 0.1) is 6.10 Å². The summed E-state index contributed by atoms with van der Waals surface area (Å²) < 4.78 is 0. The molecule has 0 spiro atoms. The average molecular weight is 198 g/mol. The second kappa shape index (κ2) is 5.75. The molecule has 1 saturated carbocycles. The van der Waals surface area contributed by atoms with Gasteiger partial charge in [0, 0.05) is 0 Å². The molecule has 0 aliphatic heterocycles. The summed E-state index contributed by atoms with van der Waals surface area (Å²) in [5.74, 6) is 2.32. The maximum atomic E-state index is 9.86. The monoisotopic (exact) mass is 198 g/mol. The topological polar surface area (TPSA) is 20.2 Å². The van der Waals surface area contributed by atoms with E-state index in [-0.39, 0.29) is 6.10 Å². The third kappa shape index (κ3) is 4.45. The molecule has 1 N–H and O–H groups in total. The van der Waals surface area contributed by atoms with E-state index < -0.39 is 0 Å². The van der Waals surface area contributed by atoms with Crippen molar-refractivity contribution in [3.63, 3.8) is 0 Å². The molecule has 0 heterocycles. The van der Waals surface area contributed by atoms with Gasteiger partial charge in [-0.2, -0.15) is 0 Å². The summed E-state index contributed by atoms with van der Waals surface area (Å²) in [6.07, 6.45) is 7.43. The Morgan fingerprint density at radius 3 is 2.57 bits per heavy atom. The van der Waals surface area contributed by atoms with E-state index in [1.807, 2.05) is 0 Å². The highest BCUT2D eigenvalue weighted by atomic mass is 16.3. The van der Waals surface area contributed by atoms with Gasteiger partial charge in [0.25, 0.3) is 0 Å². The number of rotatable bonds is 4. The molecule has 1 fully saturated rings. The zero-order valence-electron chi connectivity index (χ0n) is 10.00. The predicted octanol–water partition coefficient (Wildman–Crippen LogP) is 3.61. The minimum absolute atomic E-state index is 0.0506. The van der Waals surface area contributed by atoms with Gasteiger partial charge in [-0.1, -0.05) is 40.0 Å². The largest absolute Gasteiger partial charge is 0.393 e. The molecule has 0 radical (unpaired) electrons. The summed E-state index contributed by atoms with van der Waals surface area (Å²) in [6, 6.07) is 0. The fraction of sp³-hybridized carbons (Fsp3) is 1.00. The smallest absolute Gasteiger partial charge is 0.0545 e. The van der Waals surface area contributed by atoms with Gasteiger partial charge in [0.15, 0.2) is 0 Å². The number of hydrogen-bond donors (Lipinski definition) is 1. The van der Waals surface area contributed by atoms with E-state index in [1.165, 1.54) is 25.7 Å². The molecule has 0 bridgehead atoms. The number of hydrogen-bond acceptors (Lipinski definition) is 1. The van der Waals surface area contributed by atoms with Crippen LogP contribution in [0, 0.1) is 17.8 Å². The van der Waals surface area contributed by atoms with E-state index in [2.05, 4.69) is 20.8 Å². The summed E-state index contributed by atoms with van der Waals surface area (Å²) in [4.78, 5) is 0. The van der Waals surface area contributed by atoms with E-state index in [0.29, 0.717) is 5.92 Å². The van der Waals surface area contributed by atoms with Crippen LogP contribution in [0.2, 0.25) is 0 Å². The lowest BCUT2D eigenvalue weighted by Gasteiger charge is -2.28. The summed E-state index contributed by atoms with van der Waals surface area (Å²) in [6.45, 7) is 6.72. The molecule has 1 heteroatoms. The van der Waals surface area contributed by atoms with Crippen LogP contribution in [0.3, 0.4) is 0 Å². The summed E-state index contributed by atoms with van der Waals surface area (Å²) >= 11 is 0. The van der Waals surface area contributed by atoms with Crippen LogP contribution in [0.1, 0.15) is 59.3 Å². The van der Waals surface area contributed by atoms with Crippen molar-refractivity contribution >= 4 is 0 Å². The minimum atomic E-state index is -0.0506. The Labute approximate surface area is 88.9 Å². The highest BCUT2D eigenvalue weighted by Crippen LogP contribution is 2.32. The van der Waals surface area contributed by atoms with Crippen molar-refractivity contribution in [2.75, 3.05) is 0 Å². The fourth-order valence-electron chi connectivity index (χ4n) is 2.80. The first-order valence-electron chi connectivity index (χ1n) is 6.26. The van der Waals surface area contributed by atoms with E-state index in [9.17, 15) is 5.11 Å². The standard InChI is InChI=1S/C13H26O/c1-10(2)7-13(14)9-12-6-4-5-11(3)8-12/h10-14H,4-9H2,1-3H3. The van der Waals surface area contributed by atoms with Crippen molar-refractivity contribution in [3.8, 4) is 0 Å². The van der Waals surface area contributed by atoms with E-state index >= 15 is 0 Å². The van der Waals surface area contributed by atoms with Gasteiger partial charge in [0.2, 0.25) is 0 Å². The fourth-order valence-corrected chi connectivity index (χ4v) is 2.80. The van der Waals surface area contributed by atoms with Crippen LogP contribution >= 0.6 is 0 Å². The first-order valence-corrected chi connectivity index (χ1v) is 6.26. The van der Waals surface area contributed by atoms with Crippen LogP contribution in [-0.4, -0.2) is 11.2 Å². The molecular weight excluding hydrogens is 172 g/mol. The van der Waals surface area contributed by atoms with Crippen molar-refractivity contribution in [2.24, 2.45) is 17.8 Å². The highest BCUT2D eigenvalue weighted by molar-refractivity contribution is 4.73.